The number of nitrogens with two attached hydrogens (primary N) is 1. The minimum Gasteiger partial charge on any atom is -0.477 e. The summed E-state index contributed by atoms with van der Waals surface area (Å²) in [6, 6.07) is 4.37. The lowest BCUT2D eigenvalue weighted by Gasteiger charge is -2.27. The zero-order chi connectivity index (χ0) is 14.6. The summed E-state index contributed by atoms with van der Waals surface area (Å²) in [5, 5.41) is 10.9. The molecule has 0 aromatic heterocycles. The van der Waals surface area contributed by atoms with Crippen LogP contribution in [0.15, 0.2) is 30.3 Å². The second-order valence-corrected chi connectivity index (χ2v) is 4.06. The van der Waals surface area contributed by atoms with Crippen LogP contribution in [0.25, 0.3) is 0 Å². The third-order valence-corrected chi connectivity index (χ3v) is 2.62. The van der Waals surface area contributed by atoms with Gasteiger partial charge in [-0.05, 0) is 12.5 Å². The molecule has 1 unspecified atom stereocenters. The molecule has 0 aliphatic carbocycles. The number of aliphatic carboxylic acids is 1. The Balaban J connectivity index is 3.12. The number of carbonyl (C=O) groups is 2. The maximum absolute atomic E-state index is 13.7. The molecule has 4 N–H and O–H groups in total. The van der Waals surface area contributed by atoms with Crippen LogP contribution >= 0.6 is 0 Å². The third kappa shape index (κ3) is 3.47. The summed E-state index contributed by atoms with van der Waals surface area (Å²) in [6.45, 7) is 1.29. The predicted octanol–water partition coefficient (Wildman–Crippen LogP) is 0.911. The Morgan fingerprint density at radius 3 is 2.26 bits per heavy atom. The first kappa shape index (κ1) is 15.0. The van der Waals surface area contributed by atoms with Crippen LogP contribution in [0.3, 0.4) is 0 Å². The third-order valence-electron chi connectivity index (χ3n) is 2.62. The molecule has 1 aromatic carbocycles. The number of carboxylic acids is 1. The summed E-state index contributed by atoms with van der Waals surface area (Å²) in [6.07, 6.45) is 0. The van der Waals surface area contributed by atoms with Gasteiger partial charge in [0.25, 0.3) is 0 Å². The Morgan fingerprint density at radius 2 is 1.84 bits per heavy atom. The van der Waals surface area contributed by atoms with E-state index in [0.29, 0.717) is 0 Å². The quantitative estimate of drug-likeness (QED) is 0.717. The molecule has 0 spiro atoms. The van der Waals surface area contributed by atoms with E-state index in [1.165, 1.54) is 31.2 Å². The fourth-order valence-electron chi connectivity index (χ4n) is 1.51. The van der Waals surface area contributed by atoms with Crippen molar-refractivity contribution < 1.29 is 23.5 Å². The topological polar surface area (TPSA) is 92.4 Å². The monoisotopic (exact) mass is 272 g/mol. The molecule has 19 heavy (non-hydrogen) atoms. The number of carbonyl (C=O) groups excluding carboxylic acids is 1. The van der Waals surface area contributed by atoms with Crippen molar-refractivity contribution in [2.24, 2.45) is 5.73 Å². The van der Waals surface area contributed by atoms with Crippen LogP contribution in [-0.4, -0.2) is 28.9 Å². The summed E-state index contributed by atoms with van der Waals surface area (Å²) >= 11 is 0. The normalized spacial score (nSPS) is 14.7. The average Bonchev–Trinajstić information content (AvgIpc) is 2.36. The van der Waals surface area contributed by atoms with Crippen LogP contribution in [0, 0.1) is 0 Å². The van der Waals surface area contributed by atoms with Crippen molar-refractivity contribution in [2.75, 3.05) is 0 Å². The first-order valence-corrected chi connectivity index (χ1v) is 5.48. The fraction of sp³-hybridized carbons (Fsp3) is 0.333. The molecule has 0 radical (unpaired) electrons. The lowest BCUT2D eigenvalue weighted by molar-refractivity contribution is -0.170. The van der Waals surface area contributed by atoms with Gasteiger partial charge in [-0.15, -0.1) is 0 Å². The average molecular weight is 272 g/mol. The van der Waals surface area contributed by atoms with Crippen molar-refractivity contribution in [3.63, 3.8) is 0 Å². The van der Waals surface area contributed by atoms with Crippen LogP contribution in [0.4, 0.5) is 8.78 Å². The Bertz CT molecular complexity index is 465. The van der Waals surface area contributed by atoms with E-state index < -0.39 is 29.9 Å². The number of primary amides is 1. The van der Waals surface area contributed by atoms with Gasteiger partial charge in [-0.1, -0.05) is 30.3 Å². The zero-order valence-electron chi connectivity index (χ0n) is 10.1. The summed E-state index contributed by atoms with van der Waals surface area (Å²) in [7, 11) is 0. The minimum atomic E-state index is -4.06. The van der Waals surface area contributed by atoms with E-state index in [2.05, 4.69) is 5.32 Å². The van der Waals surface area contributed by atoms with E-state index in [1.54, 1.807) is 6.07 Å². The van der Waals surface area contributed by atoms with E-state index in [-0.39, 0.29) is 5.56 Å². The molecule has 1 rings (SSSR count). The highest BCUT2D eigenvalue weighted by Crippen LogP contribution is 2.32. The molecule has 0 heterocycles. The Hall–Kier alpha value is -2.02. The molecular formula is C12H14F2N2O3. The summed E-state index contributed by atoms with van der Waals surface area (Å²) in [5.74, 6) is -7.18. The van der Waals surface area contributed by atoms with E-state index in [0.717, 1.165) is 0 Å². The van der Waals surface area contributed by atoms with Gasteiger partial charge in [-0.3, -0.25) is 10.1 Å². The molecule has 1 amide bonds. The van der Waals surface area contributed by atoms with Crippen molar-refractivity contribution in [3.8, 4) is 0 Å². The van der Waals surface area contributed by atoms with E-state index in [9.17, 15) is 18.4 Å². The SMILES string of the molecule is C[C@H](NC(c1ccccc1)C(F)(F)C(=O)O)C(N)=O. The van der Waals surface area contributed by atoms with Gasteiger partial charge in [-0.25, -0.2) is 4.79 Å². The van der Waals surface area contributed by atoms with Crippen LogP contribution in [0.2, 0.25) is 0 Å². The first-order valence-electron chi connectivity index (χ1n) is 5.48. The number of carboxylic acid groups (broad SMARTS) is 1. The van der Waals surface area contributed by atoms with Gasteiger partial charge < -0.3 is 10.8 Å². The van der Waals surface area contributed by atoms with Gasteiger partial charge in [0.2, 0.25) is 5.91 Å². The number of benzene rings is 1. The largest absolute Gasteiger partial charge is 0.477 e. The summed E-state index contributed by atoms with van der Waals surface area (Å²) in [4.78, 5) is 21.6. The number of halogens is 2. The van der Waals surface area contributed by atoms with Gasteiger partial charge in [-0.2, -0.15) is 8.78 Å². The van der Waals surface area contributed by atoms with Gasteiger partial charge in [0, 0.05) is 0 Å². The standard InChI is InChI=1S/C12H14F2N2O3/c1-7(10(15)17)16-9(12(13,14)11(18)19)8-5-3-2-4-6-8/h2-7,9,16H,1H3,(H2,15,17)(H,18,19)/t7-,9?/m0/s1. The van der Waals surface area contributed by atoms with Gasteiger partial charge >= 0.3 is 11.9 Å². The number of amides is 1. The summed E-state index contributed by atoms with van der Waals surface area (Å²) in [5.41, 5.74) is 5.05. The Labute approximate surface area is 108 Å². The van der Waals surface area contributed by atoms with Crippen LogP contribution < -0.4 is 11.1 Å². The molecule has 104 valence electrons. The highest BCUT2D eigenvalue weighted by Gasteiger charge is 2.49. The number of rotatable bonds is 6. The van der Waals surface area contributed by atoms with Crippen molar-refractivity contribution in [1.82, 2.24) is 5.32 Å². The van der Waals surface area contributed by atoms with Crippen molar-refractivity contribution >= 4 is 11.9 Å². The van der Waals surface area contributed by atoms with Gasteiger partial charge in [0.15, 0.2) is 0 Å². The molecule has 0 saturated heterocycles. The lowest BCUT2D eigenvalue weighted by Crippen LogP contribution is -2.49. The molecule has 0 aliphatic rings. The fourth-order valence-corrected chi connectivity index (χ4v) is 1.51. The molecule has 1 aromatic rings. The molecule has 7 heteroatoms. The Morgan fingerprint density at radius 1 is 1.32 bits per heavy atom. The zero-order valence-corrected chi connectivity index (χ0v) is 10.1. The molecular weight excluding hydrogens is 258 g/mol. The molecule has 0 saturated carbocycles. The van der Waals surface area contributed by atoms with E-state index >= 15 is 0 Å². The van der Waals surface area contributed by atoms with Crippen molar-refractivity contribution in [3.05, 3.63) is 35.9 Å². The molecule has 0 fully saturated rings. The maximum atomic E-state index is 13.7. The van der Waals surface area contributed by atoms with E-state index in [4.69, 9.17) is 10.8 Å². The number of nitrogens with one attached hydrogen (secondary N) is 1. The van der Waals surface area contributed by atoms with Crippen molar-refractivity contribution in [1.29, 1.82) is 0 Å². The highest BCUT2D eigenvalue weighted by molar-refractivity contribution is 5.80. The molecule has 5 nitrogen and oxygen atoms in total. The molecule has 0 aliphatic heterocycles. The van der Waals surface area contributed by atoms with Crippen LogP contribution in [0.1, 0.15) is 18.5 Å². The summed E-state index contributed by atoms with van der Waals surface area (Å²) < 4.78 is 27.4. The Kier molecular flexibility index (Phi) is 4.55. The highest BCUT2D eigenvalue weighted by atomic mass is 19.3. The second kappa shape index (κ2) is 5.75. The van der Waals surface area contributed by atoms with Crippen molar-refractivity contribution in [2.45, 2.75) is 24.9 Å². The minimum absolute atomic E-state index is 0.0583. The molecule has 0 bridgehead atoms. The number of alkyl halides is 2. The van der Waals surface area contributed by atoms with Gasteiger partial charge in [0.05, 0.1) is 6.04 Å². The second-order valence-electron chi connectivity index (χ2n) is 4.06. The van der Waals surface area contributed by atoms with Crippen LogP contribution in [0.5, 0.6) is 0 Å². The predicted molar refractivity (Wildman–Crippen MR) is 63.6 cm³/mol. The van der Waals surface area contributed by atoms with Gasteiger partial charge in [0.1, 0.15) is 6.04 Å². The number of hydrogen-bond donors (Lipinski definition) is 3. The smallest absolute Gasteiger partial charge is 0.376 e. The van der Waals surface area contributed by atoms with E-state index in [1.807, 2.05) is 0 Å². The lowest BCUT2D eigenvalue weighted by atomic mass is 9.99. The van der Waals surface area contributed by atoms with Crippen LogP contribution in [-0.2, 0) is 9.59 Å². The molecule has 2 atom stereocenters. The number of hydrogen-bond acceptors (Lipinski definition) is 3. The first-order chi connectivity index (χ1) is 8.76. The maximum Gasteiger partial charge on any atom is 0.376 e.